The molecule has 4 heteroatoms. The van der Waals surface area contributed by atoms with Crippen molar-refractivity contribution >= 4 is 19.4 Å². The molecule has 1 aromatic heterocycles. The van der Waals surface area contributed by atoms with E-state index in [1.165, 1.54) is 26.7 Å². The van der Waals surface area contributed by atoms with Crippen LogP contribution in [0.5, 0.6) is 0 Å². The van der Waals surface area contributed by atoms with Gasteiger partial charge < -0.3 is 0 Å². The molecule has 0 aliphatic rings. The Kier molecular flexibility index (Phi) is 8.18. The van der Waals surface area contributed by atoms with Gasteiger partial charge in [0.2, 0.25) is 0 Å². The molecule has 0 unspecified atom stereocenters. The molecule has 3 aromatic rings. The van der Waals surface area contributed by atoms with Crippen molar-refractivity contribution in [3.63, 3.8) is 0 Å². The molecule has 166 valence electrons. The molecule has 0 radical (unpaired) electrons. The molecular weight excluding hydrogens is 451 g/mol. The van der Waals surface area contributed by atoms with Crippen LogP contribution in [0.25, 0.3) is 0 Å². The summed E-state index contributed by atoms with van der Waals surface area (Å²) in [5.41, 5.74) is 5.02. The number of aryl methyl sites for hydroxylation is 2. The maximum absolute atomic E-state index is 6.25. The summed E-state index contributed by atoms with van der Waals surface area (Å²) in [6.45, 7) is 10.8. The summed E-state index contributed by atoms with van der Waals surface area (Å²) in [7, 11) is 3.55. The van der Waals surface area contributed by atoms with E-state index < -0.39 is 0 Å². The molecule has 0 saturated heterocycles. The molecule has 4 atom stereocenters. The Balaban J connectivity index is 2.07. The molecule has 2 aromatic carbocycles. The van der Waals surface area contributed by atoms with Crippen molar-refractivity contribution in [3.05, 3.63) is 88.4 Å². The molecule has 1 heterocycles. The average Bonchev–Trinajstić information content (AvgIpc) is 3.11. The number of benzene rings is 2. The van der Waals surface area contributed by atoms with Gasteiger partial charge in [0.05, 0.1) is 0 Å². The Morgan fingerprint density at radius 1 is 0.806 bits per heavy atom. The Morgan fingerprint density at radius 3 is 1.87 bits per heavy atom. The number of ether oxygens (including phenoxy) is 2. The topological polar surface area (TPSA) is 31.6 Å². The van der Waals surface area contributed by atoms with E-state index in [-0.39, 0.29) is 33.1 Å². The van der Waals surface area contributed by atoms with E-state index in [0.717, 1.165) is 11.5 Å². The molecule has 0 saturated carbocycles. The van der Waals surface area contributed by atoms with E-state index in [1.54, 1.807) is 14.2 Å². The zero-order chi connectivity index (χ0) is 22.5. The first kappa shape index (κ1) is 23.8. The monoisotopic (exact) mass is 486 g/mol. The molecule has 3 rings (SSSR count). The van der Waals surface area contributed by atoms with Gasteiger partial charge in [-0.2, -0.15) is 0 Å². The van der Waals surface area contributed by atoms with E-state index in [0.29, 0.717) is 4.82 Å². The Morgan fingerprint density at radius 2 is 1.39 bits per heavy atom. The van der Waals surface area contributed by atoms with Crippen molar-refractivity contribution in [1.29, 1.82) is 0 Å². The molecule has 0 bridgehead atoms. The average molecular weight is 486 g/mol. The fraction of sp³-hybridized carbons (Fsp3) is 0.407. The van der Waals surface area contributed by atoms with E-state index in [2.05, 4.69) is 82.3 Å². The third-order valence-corrected chi connectivity index (χ3v) is 8.92. The van der Waals surface area contributed by atoms with Crippen LogP contribution in [0.1, 0.15) is 72.7 Å². The van der Waals surface area contributed by atoms with Gasteiger partial charge in [-0.05, 0) is 0 Å². The third kappa shape index (κ3) is 5.32. The molecule has 0 aliphatic carbocycles. The van der Waals surface area contributed by atoms with Gasteiger partial charge in [-0.25, -0.2) is 0 Å². The molecular formula is C27H34O3Se. The van der Waals surface area contributed by atoms with Gasteiger partial charge in [-0.3, -0.25) is 0 Å². The van der Waals surface area contributed by atoms with Crippen molar-refractivity contribution in [1.82, 2.24) is 0 Å². The quantitative estimate of drug-likeness (QED) is 0.334. The normalized spacial score (nSPS) is 15.5. The first-order valence-electron chi connectivity index (χ1n) is 10.8. The fourth-order valence-corrected chi connectivity index (χ4v) is 7.17. The van der Waals surface area contributed by atoms with Crippen molar-refractivity contribution in [2.75, 3.05) is 14.2 Å². The summed E-state index contributed by atoms with van der Waals surface area (Å²) in [5.74, 6) is 2.25. The molecule has 0 spiro atoms. The SMILES string of the molecule is CO[C@H](C)c1cccc([C@@H](C)OC)c1[Se][C@H](C)[C@H](c1ccccc1)c1cc(C)c(C)o1. The predicted molar refractivity (Wildman–Crippen MR) is 129 cm³/mol. The summed E-state index contributed by atoms with van der Waals surface area (Å²) >= 11 is 0.181. The van der Waals surface area contributed by atoms with E-state index >= 15 is 0 Å². The van der Waals surface area contributed by atoms with Crippen LogP contribution >= 0.6 is 0 Å². The van der Waals surface area contributed by atoms with Gasteiger partial charge in [0.1, 0.15) is 0 Å². The zero-order valence-electron chi connectivity index (χ0n) is 19.6. The van der Waals surface area contributed by atoms with E-state index in [1.807, 2.05) is 6.92 Å². The van der Waals surface area contributed by atoms with Crippen LogP contribution in [0, 0.1) is 13.8 Å². The van der Waals surface area contributed by atoms with Crippen molar-refractivity contribution < 1.29 is 13.9 Å². The Bertz CT molecular complexity index is 932. The van der Waals surface area contributed by atoms with Crippen LogP contribution < -0.4 is 4.46 Å². The van der Waals surface area contributed by atoms with Crippen LogP contribution in [-0.2, 0) is 9.47 Å². The maximum atomic E-state index is 6.25. The molecule has 31 heavy (non-hydrogen) atoms. The summed E-state index contributed by atoms with van der Waals surface area (Å²) in [6, 6.07) is 19.5. The van der Waals surface area contributed by atoms with E-state index in [4.69, 9.17) is 13.9 Å². The molecule has 3 nitrogen and oxygen atoms in total. The van der Waals surface area contributed by atoms with Crippen molar-refractivity contribution in [2.45, 2.75) is 57.6 Å². The Labute approximate surface area is 193 Å². The van der Waals surface area contributed by atoms with Gasteiger partial charge in [-0.15, -0.1) is 0 Å². The van der Waals surface area contributed by atoms with Gasteiger partial charge in [0.25, 0.3) is 0 Å². The number of hydrogen-bond donors (Lipinski definition) is 0. The summed E-state index contributed by atoms with van der Waals surface area (Å²) in [6.07, 6.45) is 0.0766. The second-order valence-electron chi connectivity index (χ2n) is 8.12. The number of methoxy groups -OCH3 is 2. The number of rotatable bonds is 9. The second kappa shape index (κ2) is 10.7. The third-order valence-electron chi connectivity index (χ3n) is 6.08. The van der Waals surface area contributed by atoms with Crippen molar-refractivity contribution in [2.24, 2.45) is 0 Å². The van der Waals surface area contributed by atoms with Crippen molar-refractivity contribution in [3.8, 4) is 0 Å². The minimum atomic E-state index is 0.0383. The summed E-state index contributed by atoms with van der Waals surface area (Å²) in [4.78, 5) is 0.382. The van der Waals surface area contributed by atoms with Gasteiger partial charge >= 0.3 is 193 Å². The van der Waals surface area contributed by atoms with Crippen LogP contribution in [0.4, 0.5) is 0 Å². The van der Waals surface area contributed by atoms with Gasteiger partial charge in [-0.1, -0.05) is 0 Å². The summed E-state index contributed by atoms with van der Waals surface area (Å²) < 4.78 is 19.1. The second-order valence-corrected chi connectivity index (χ2v) is 11.0. The Hall–Kier alpha value is -1.84. The zero-order valence-corrected chi connectivity index (χ0v) is 21.4. The van der Waals surface area contributed by atoms with Gasteiger partial charge in [0.15, 0.2) is 0 Å². The van der Waals surface area contributed by atoms with Crippen LogP contribution in [0.3, 0.4) is 0 Å². The molecule has 0 aliphatic heterocycles. The molecule has 0 N–H and O–H groups in total. The van der Waals surface area contributed by atoms with Gasteiger partial charge in [0, 0.05) is 0 Å². The predicted octanol–water partition coefficient (Wildman–Crippen LogP) is 6.28. The number of furan rings is 1. The number of hydrogen-bond acceptors (Lipinski definition) is 3. The molecule has 0 amide bonds. The van der Waals surface area contributed by atoms with Crippen LogP contribution in [0.2, 0.25) is 4.82 Å². The van der Waals surface area contributed by atoms with E-state index in [9.17, 15) is 0 Å². The summed E-state index contributed by atoms with van der Waals surface area (Å²) in [5, 5.41) is 0. The first-order chi connectivity index (χ1) is 14.9. The first-order valence-corrected chi connectivity index (χ1v) is 12.7. The van der Waals surface area contributed by atoms with Crippen LogP contribution in [-0.4, -0.2) is 29.2 Å². The minimum absolute atomic E-state index is 0.0383. The van der Waals surface area contributed by atoms with Crippen LogP contribution in [0.15, 0.2) is 59.0 Å². The molecule has 0 fully saturated rings. The fourth-order valence-electron chi connectivity index (χ4n) is 3.94. The standard InChI is InChI=1S/C27H34O3Se/c1-17-16-25(30-18(17)2)26(22-12-9-8-10-13-22)21(5)31-27-23(19(3)28-6)14-11-15-24(27)20(4)29-7/h8-16,19-21,26H,1-7H3/t19-,20-,21-,26-/m1/s1.